The van der Waals surface area contributed by atoms with Crippen LogP contribution in [0, 0.1) is 11.8 Å². The Labute approximate surface area is 179 Å². The summed E-state index contributed by atoms with van der Waals surface area (Å²) in [7, 11) is 0. The van der Waals surface area contributed by atoms with Gasteiger partial charge in [0.25, 0.3) is 0 Å². The molecule has 30 heavy (non-hydrogen) atoms. The van der Waals surface area contributed by atoms with E-state index < -0.39 is 0 Å². The zero-order chi connectivity index (χ0) is 22.1. The second kappa shape index (κ2) is 11.4. The standard InChI is InChI=1S/C22H35N5O3/c1-5-16(4)24-20(28)17-7-6-12-27(14-17)22(30)26-19-10-8-18(9-11-19)25-21(29)23-13-15(2)3/h8-11,15-17H,5-7,12-14H2,1-4H3,(H,24,28)(H,26,30)(H2,23,25,29)/t16-,17+/m0/s1. The molecular weight excluding hydrogens is 382 g/mol. The lowest BCUT2D eigenvalue weighted by molar-refractivity contribution is -0.126. The van der Waals surface area contributed by atoms with Crippen LogP contribution in [0.2, 0.25) is 0 Å². The fourth-order valence-corrected chi connectivity index (χ4v) is 3.15. The molecule has 0 aromatic heterocycles. The third-order valence-electron chi connectivity index (χ3n) is 5.15. The van der Waals surface area contributed by atoms with E-state index >= 15 is 0 Å². The predicted molar refractivity (Wildman–Crippen MR) is 120 cm³/mol. The van der Waals surface area contributed by atoms with E-state index in [2.05, 4.69) is 21.3 Å². The van der Waals surface area contributed by atoms with Gasteiger partial charge in [0.15, 0.2) is 0 Å². The fourth-order valence-electron chi connectivity index (χ4n) is 3.15. The Morgan fingerprint density at radius 2 is 1.70 bits per heavy atom. The first-order valence-electron chi connectivity index (χ1n) is 10.8. The van der Waals surface area contributed by atoms with Crippen LogP contribution in [0.3, 0.4) is 0 Å². The lowest BCUT2D eigenvalue weighted by Crippen LogP contribution is -2.48. The van der Waals surface area contributed by atoms with Gasteiger partial charge in [0.05, 0.1) is 5.92 Å². The number of amides is 5. The van der Waals surface area contributed by atoms with Crippen molar-refractivity contribution in [2.75, 3.05) is 30.3 Å². The smallest absolute Gasteiger partial charge is 0.321 e. The van der Waals surface area contributed by atoms with E-state index in [-0.39, 0.29) is 29.9 Å². The summed E-state index contributed by atoms with van der Waals surface area (Å²) < 4.78 is 0. The molecule has 0 unspecified atom stereocenters. The van der Waals surface area contributed by atoms with Gasteiger partial charge in [0, 0.05) is 37.1 Å². The molecule has 0 bridgehead atoms. The summed E-state index contributed by atoms with van der Waals surface area (Å²) in [6.45, 7) is 9.73. The van der Waals surface area contributed by atoms with Gasteiger partial charge in [-0.2, -0.15) is 0 Å². The number of nitrogens with zero attached hydrogens (tertiary/aromatic N) is 1. The van der Waals surface area contributed by atoms with Crippen LogP contribution in [0.1, 0.15) is 47.0 Å². The van der Waals surface area contributed by atoms with E-state index in [4.69, 9.17) is 0 Å². The Kier molecular flexibility index (Phi) is 8.95. The summed E-state index contributed by atoms with van der Waals surface area (Å²) in [5, 5.41) is 11.4. The molecule has 1 fully saturated rings. The summed E-state index contributed by atoms with van der Waals surface area (Å²) in [5.74, 6) is 0.228. The molecule has 2 rings (SSSR count). The maximum atomic E-state index is 12.6. The molecule has 1 aromatic rings. The third-order valence-corrected chi connectivity index (χ3v) is 5.15. The molecule has 166 valence electrons. The summed E-state index contributed by atoms with van der Waals surface area (Å²) in [4.78, 5) is 38.5. The molecule has 0 spiro atoms. The SMILES string of the molecule is CC[C@H](C)NC(=O)[C@@H]1CCCN(C(=O)Nc2ccc(NC(=O)NCC(C)C)cc2)C1. The van der Waals surface area contributed by atoms with Crippen molar-refractivity contribution in [2.45, 2.75) is 53.0 Å². The van der Waals surface area contributed by atoms with E-state index in [1.165, 1.54) is 0 Å². The molecule has 1 aliphatic heterocycles. The van der Waals surface area contributed by atoms with Crippen molar-refractivity contribution in [1.82, 2.24) is 15.5 Å². The molecule has 1 heterocycles. The zero-order valence-electron chi connectivity index (χ0n) is 18.5. The molecular formula is C22H35N5O3. The highest BCUT2D eigenvalue weighted by molar-refractivity contribution is 5.92. The summed E-state index contributed by atoms with van der Waals surface area (Å²) >= 11 is 0. The largest absolute Gasteiger partial charge is 0.353 e. The van der Waals surface area contributed by atoms with Crippen LogP contribution in [0.5, 0.6) is 0 Å². The lowest BCUT2D eigenvalue weighted by Gasteiger charge is -2.32. The highest BCUT2D eigenvalue weighted by Gasteiger charge is 2.28. The summed E-state index contributed by atoms with van der Waals surface area (Å²) in [6.07, 6.45) is 2.48. The molecule has 2 atom stereocenters. The zero-order valence-corrected chi connectivity index (χ0v) is 18.5. The van der Waals surface area contributed by atoms with E-state index in [9.17, 15) is 14.4 Å². The van der Waals surface area contributed by atoms with Crippen molar-refractivity contribution in [3.05, 3.63) is 24.3 Å². The van der Waals surface area contributed by atoms with E-state index in [0.717, 1.165) is 19.3 Å². The van der Waals surface area contributed by atoms with Gasteiger partial charge >= 0.3 is 12.1 Å². The quantitative estimate of drug-likeness (QED) is 0.545. The van der Waals surface area contributed by atoms with Crippen LogP contribution < -0.4 is 21.3 Å². The van der Waals surface area contributed by atoms with Crippen molar-refractivity contribution in [1.29, 1.82) is 0 Å². The lowest BCUT2D eigenvalue weighted by atomic mass is 9.97. The number of anilines is 2. The first-order valence-corrected chi connectivity index (χ1v) is 10.8. The Morgan fingerprint density at radius 3 is 2.30 bits per heavy atom. The number of piperidine rings is 1. The average molecular weight is 418 g/mol. The van der Waals surface area contributed by atoms with Crippen molar-refractivity contribution >= 4 is 29.3 Å². The van der Waals surface area contributed by atoms with Gasteiger partial charge in [-0.25, -0.2) is 9.59 Å². The van der Waals surface area contributed by atoms with Gasteiger partial charge in [-0.15, -0.1) is 0 Å². The minimum Gasteiger partial charge on any atom is -0.353 e. The van der Waals surface area contributed by atoms with Crippen molar-refractivity contribution in [3.8, 4) is 0 Å². The van der Waals surface area contributed by atoms with Crippen molar-refractivity contribution < 1.29 is 14.4 Å². The normalized spacial score (nSPS) is 17.2. The number of hydrogen-bond acceptors (Lipinski definition) is 3. The molecule has 0 saturated carbocycles. The molecule has 5 amide bonds. The number of carbonyl (C=O) groups is 3. The topological polar surface area (TPSA) is 103 Å². The third kappa shape index (κ3) is 7.57. The first kappa shape index (κ1) is 23.5. The Hall–Kier alpha value is -2.77. The van der Waals surface area contributed by atoms with Crippen LogP contribution in [0.25, 0.3) is 0 Å². The monoisotopic (exact) mass is 417 g/mol. The summed E-state index contributed by atoms with van der Waals surface area (Å²) in [5.41, 5.74) is 1.29. The number of urea groups is 2. The van der Waals surface area contributed by atoms with Gasteiger partial charge in [-0.05, 0) is 56.4 Å². The Bertz CT molecular complexity index is 720. The number of carbonyl (C=O) groups excluding carboxylic acids is 3. The van der Waals surface area contributed by atoms with Crippen LogP contribution in [-0.4, -0.2) is 48.5 Å². The predicted octanol–water partition coefficient (Wildman–Crippen LogP) is 3.62. The van der Waals surface area contributed by atoms with Gasteiger partial charge in [-0.3, -0.25) is 4.79 Å². The number of rotatable bonds is 7. The van der Waals surface area contributed by atoms with Crippen LogP contribution in [0.4, 0.5) is 21.0 Å². The summed E-state index contributed by atoms with van der Waals surface area (Å²) in [6, 6.07) is 6.63. The molecule has 8 heteroatoms. The minimum atomic E-state index is -0.254. The molecule has 1 aliphatic rings. The first-order chi connectivity index (χ1) is 14.3. The van der Waals surface area contributed by atoms with Gasteiger partial charge < -0.3 is 26.2 Å². The van der Waals surface area contributed by atoms with Gasteiger partial charge in [0.1, 0.15) is 0 Å². The number of likely N-dealkylation sites (tertiary alicyclic amines) is 1. The fraction of sp³-hybridized carbons (Fsp3) is 0.591. The molecule has 0 aliphatic carbocycles. The molecule has 1 aromatic carbocycles. The van der Waals surface area contributed by atoms with Crippen LogP contribution >= 0.6 is 0 Å². The highest BCUT2D eigenvalue weighted by Crippen LogP contribution is 2.19. The Balaban J connectivity index is 1.85. The minimum absolute atomic E-state index is 0.0213. The second-order valence-corrected chi connectivity index (χ2v) is 8.34. The van der Waals surface area contributed by atoms with E-state index in [1.807, 2.05) is 27.7 Å². The second-order valence-electron chi connectivity index (χ2n) is 8.34. The highest BCUT2D eigenvalue weighted by atomic mass is 16.2. The Morgan fingerprint density at radius 1 is 1.07 bits per heavy atom. The van der Waals surface area contributed by atoms with Gasteiger partial charge in [-0.1, -0.05) is 20.8 Å². The van der Waals surface area contributed by atoms with Crippen molar-refractivity contribution in [3.63, 3.8) is 0 Å². The molecule has 1 saturated heterocycles. The van der Waals surface area contributed by atoms with Gasteiger partial charge in [0.2, 0.25) is 5.91 Å². The van der Waals surface area contributed by atoms with Crippen LogP contribution in [0.15, 0.2) is 24.3 Å². The maximum absolute atomic E-state index is 12.6. The van der Waals surface area contributed by atoms with Crippen molar-refractivity contribution in [2.24, 2.45) is 11.8 Å². The molecule has 4 N–H and O–H groups in total. The number of nitrogens with one attached hydrogen (secondary N) is 4. The van der Waals surface area contributed by atoms with E-state index in [1.54, 1.807) is 29.2 Å². The van der Waals surface area contributed by atoms with Crippen LogP contribution in [-0.2, 0) is 4.79 Å². The maximum Gasteiger partial charge on any atom is 0.321 e. The molecule has 0 radical (unpaired) electrons. The molecule has 8 nitrogen and oxygen atoms in total. The number of benzene rings is 1. The number of hydrogen-bond donors (Lipinski definition) is 4. The average Bonchev–Trinajstić information content (AvgIpc) is 2.73. The van der Waals surface area contributed by atoms with E-state index in [0.29, 0.717) is 36.9 Å².